The van der Waals surface area contributed by atoms with Gasteiger partial charge in [-0.25, -0.2) is 0 Å². The van der Waals surface area contributed by atoms with Gasteiger partial charge in [-0.05, 0) is 0 Å². The quantitative estimate of drug-likeness (QED) is 0.632. The minimum Gasteiger partial charge on any atom is -0.507 e. The zero-order chi connectivity index (χ0) is 14.6. The molecular weight excluding hydrogens is 248 g/mol. The third kappa shape index (κ3) is 3.40. The Morgan fingerprint density at radius 1 is 1.26 bits per heavy atom. The van der Waals surface area contributed by atoms with E-state index in [9.17, 15) is 15.0 Å². The predicted octanol–water partition coefficient (Wildman–Crippen LogP) is 2.53. The monoisotopic (exact) mass is 266 g/mol. The molecule has 0 aliphatic rings. The van der Waals surface area contributed by atoms with Crippen LogP contribution in [0.1, 0.15) is 19.4 Å². The van der Waals surface area contributed by atoms with Crippen molar-refractivity contribution in [2.75, 3.05) is 14.2 Å². The molecule has 1 rings (SSSR count). The Bertz CT molecular complexity index is 503. The second-order valence-electron chi connectivity index (χ2n) is 4.31. The molecular formula is C14H18O5. The Kier molecular flexibility index (Phi) is 4.80. The molecule has 0 amide bonds. The number of carbonyl (C=O) groups is 1. The van der Waals surface area contributed by atoms with Crippen molar-refractivity contribution in [2.24, 2.45) is 5.92 Å². The third-order valence-corrected chi connectivity index (χ3v) is 2.61. The van der Waals surface area contributed by atoms with E-state index >= 15 is 0 Å². The number of allylic oxidation sites excluding steroid dienone is 1. The maximum atomic E-state index is 11.6. The first-order valence-corrected chi connectivity index (χ1v) is 5.80. The van der Waals surface area contributed by atoms with E-state index in [0.29, 0.717) is 5.75 Å². The average molecular weight is 266 g/mol. The first kappa shape index (κ1) is 14.9. The molecule has 0 atom stereocenters. The number of hydrogen-bond donors (Lipinski definition) is 2. The Hall–Kier alpha value is -2.17. The number of ketones is 1. The van der Waals surface area contributed by atoms with Crippen molar-refractivity contribution in [3.8, 4) is 17.2 Å². The van der Waals surface area contributed by atoms with Gasteiger partial charge in [-0.15, -0.1) is 0 Å². The van der Waals surface area contributed by atoms with Crippen molar-refractivity contribution in [3.05, 3.63) is 23.8 Å². The molecule has 0 saturated heterocycles. The lowest BCUT2D eigenvalue weighted by atomic mass is 10.0. The summed E-state index contributed by atoms with van der Waals surface area (Å²) >= 11 is 0. The van der Waals surface area contributed by atoms with Crippen molar-refractivity contribution in [1.29, 1.82) is 0 Å². The Balaban J connectivity index is 3.30. The van der Waals surface area contributed by atoms with Crippen LogP contribution in [0.25, 0.3) is 5.76 Å². The predicted molar refractivity (Wildman–Crippen MR) is 71.7 cm³/mol. The Morgan fingerprint density at radius 2 is 1.89 bits per heavy atom. The van der Waals surface area contributed by atoms with Crippen LogP contribution in [-0.4, -0.2) is 30.2 Å². The van der Waals surface area contributed by atoms with Gasteiger partial charge in [0.2, 0.25) is 0 Å². The zero-order valence-corrected chi connectivity index (χ0v) is 11.4. The van der Waals surface area contributed by atoms with Crippen LogP contribution in [0.2, 0.25) is 0 Å². The van der Waals surface area contributed by atoms with Crippen LogP contribution >= 0.6 is 0 Å². The number of phenols is 1. The molecule has 0 unspecified atom stereocenters. The Morgan fingerprint density at radius 3 is 2.37 bits per heavy atom. The van der Waals surface area contributed by atoms with E-state index in [1.165, 1.54) is 26.4 Å². The molecule has 0 aliphatic heterocycles. The number of ether oxygens (including phenoxy) is 2. The Labute approximate surface area is 112 Å². The summed E-state index contributed by atoms with van der Waals surface area (Å²) in [7, 11) is 2.85. The first-order chi connectivity index (χ1) is 8.90. The van der Waals surface area contributed by atoms with Gasteiger partial charge in [0.15, 0.2) is 5.78 Å². The molecule has 0 radical (unpaired) electrons. The highest BCUT2D eigenvalue weighted by molar-refractivity contribution is 5.97. The fourth-order valence-corrected chi connectivity index (χ4v) is 1.49. The summed E-state index contributed by atoms with van der Waals surface area (Å²) in [6.07, 6.45) is 1.08. The molecule has 19 heavy (non-hydrogen) atoms. The van der Waals surface area contributed by atoms with Gasteiger partial charge in [0.05, 0.1) is 14.2 Å². The number of rotatable bonds is 5. The van der Waals surface area contributed by atoms with Crippen LogP contribution in [0.4, 0.5) is 0 Å². The lowest BCUT2D eigenvalue weighted by Crippen LogP contribution is -2.04. The summed E-state index contributed by atoms with van der Waals surface area (Å²) in [6, 6.07) is 2.85. The first-order valence-electron chi connectivity index (χ1n) is 5.80. The van der Waals surface area contributed by atoms with Crippen LogP contribution in [0.5, 0.6) is 17.2 Å². The zero-order valence-electron chi connectivity index (χ0n) is 11.4. The van der Waals surface area contributed by atoms with E-state index in [-0.39, 0.29) is 34.5 Å². The minimum absolute atomic E-state index is 0.0669. The molecule has 0 bridgehead atoms. The number of methoxy groups -OCH3 is 2. The number of phenolic OH excluding ortho intramolecular Hbond substituents is 1. The lowest BCUT2D eigenvalue weighted by molar-refractivity contribution is -0.117. The van der Waals surface area contributed by atoms with Crippen LogP contribution < -0.4 is 9.47 Å². The molecule has 0 fully saturated rings. The summed E-state index contributed by atoms with van der Waals surface area (Å²) in [4.78, 5) is 11.6. The van der Waals surface area contributed by atoms with Gasteiger partial charge < -0.3 is 19.7 Å². The van der Waals surface area contributed by atoms with Gasteiger partial charge in [0, 0.05) is 24.1 Å². The van der Waals surface area contributed by atoms with Gasteiger partial charge in [0.25, 0.3) is 0 Å². The van der Waals surface area contributed by atoms with Crippen molar-refractivity contribution >= 4 is 11.5 Å². The van der Waals surface area contributed by atoms with E-state index in [1.54, 1.807) is 13.8 Å². The summed E-state index contributed by atoms with van der Waals surface area (Å²) in [5, 5.41) is 19.8. The van der Waals surface area contributed by atoms with Gasteiger partial charge >= 0.3 is 0 Å². The highest BCUT2D eigenvalue weighted by atomic mass is 16.5. The van der Waals surface area contributed by atoms with Crippen molar-refractivity contribution < 1.29 is 24.5 Å². The van der Waals surface area contributed by atoms with E-state index in [1.807, 2.05) is 0 Å². The summed E-state index contributed by atoms with van der Waals surface area (Å²) < 4.78 is 10.1. The maximum Gasteiger partial charge on any atom is 0.161 e. The fourth-order valence-electron chi connectivity index (χ4n) is 1.49. The third-order valence-electron chi connectivity index (χ3n) is 2.61. The molecule has 1 aromatic carbocycles. The van der Waals surface area contributed by atoms with Gasteiger partial charge in [-0.3, -0.25) is 4.79 Å². The van der Waals surface area contributed by atoms with Crippen molar-refractivity contribution in [2.45, 2.75) is 13.8 Å². The van der Waals surface area contributed by atoms with Crippen molar-refractivity contribution in [1.82, 2.24) is 0 Å². The van der Waals surface area contributed by atoms with E-state index in [4.69, 9.17) is 9.47 Å². The highest BCUT2D eigenvalue weighted by Crippen LogP contribution is 2.37. The summed E-state index contributed by atoms with van der Waals surface area (Å²) in [5.41, 5.74) is 0.0669. The van der Waals surface area contributed by atoms with Crippen LogP contribution in [0, 0.1) is 5.92 Å². The second kappa shape index (κ2) is 6.13. The van der Waals surface area contributed by atoms with Crippen LogP contribution in [0.3, 0.4) is 0 Å². The summed E-state index contributed by atoms with van der Waals surface area (Å²) in [6.45, 7) is 3.44. The number of aliphatic hydroxyl groups excluding tert-OH is 1. The largest absolute Gasteiger partial charge is 0.507 e. The van der Waals surface area contributed by atoms with Crippen molar-refractivity contribution in [3.63, 3.8) is 0 Å². The minimum atomic E-state index is -0.337. The maximum absolute atomic E-state index is 11.6. The smallest absolute Gasteiger partial charge is 0.161 e. The van der Waals surface area contributed by atoms with E-state index in [2.05, 4.69) is 0 Å². The molecule has 5 heteroatoms. The van der Waals surface area contributed by atoms with Crippen LogP contribution in [-0.2, 0) is 4.79 Å². The van der Waals surface area contributed by atoms with Crippen LogP contribution in [0.15, 0.2) is 18.2 Å². The fraction of sp³-hybridized carbons (Fsp3) is 0.357. The molecule has 1 aromatic rings. The number of hydrogen-bond acceptors (Lipinski definition) is 5. The molecule has 0 spiro atoms. The van der Waals surface area contributed by atoms with Gasteiger partial charge in [-0.1, -0.05) is 13.8 Å². The molecule has 0 heterocycles. The second-order valence-corrected chi connectivity index (χ2v) is 4.31. The van der Waals surface area contributed by atoms with E-state index < -0.39 is 0 Å². The molecule has 0 aromatic heterocycles. The van der Waals surface area contributed by atoms with Gasteiger partial charge in [-0.2, -0.15) is 0 Å². The molecule has 5 nitrogen and oxygen atoms in total. The molecule has 104 valence electrons. The van der Waals surface area contributed by atoms with Gasteiger partial charge in [0.1, 0.15) is 28.6 Å². The highest BCUT2D eigenvalue weighted by Gasteiger charge is 2.17. The standard InChI is InChI=1S/C14H18O5/c1-8(2)10(15)7-12(17)14-11(16)5-9(18-3)6-13(14)19-4/h5-8,16-17H,1-4H3/b12-7-. The molecule has 0 aliphatic carbocycles. The normalized spacial score (nSPS) is 11.5. The number of aromatic hydroxyl groups is 1. The topological polar surface area (TPSA) is 76.0 Å². The van der Waals surface area contributed by atoms with E-state index in [0.717, 1.165) is 6.08 Å². The SMILES string of the molecule is COc1cc(O)c(/C(O)=C/C(=O)C(C)C)c(OC)c1. The lowest BCUT2D eigenvalue weighted by Gasteiger charge is -2.12. The number of carbonyl (C=O) groups excluding carboxylic acids is 1. The number of benzene rings is 1. The average Bonchev–Trinajstić information content (AvgIpc) is 2.36. The molecule has 2 N–H and O–H groups in total. The summed E-state index contributed by atoms with van der Waals surface area (Å²) in [5.74, 6) is -0.427. The molecule has 0 saturated carbocycles. The number of aliphatic hydroxyl groups is 1.